The predicted molar refractivity (Wildman–Crippen MR) is 124 cm³/mol. The molecule has 0 saturated heterocycles. The van der Waals surface area contributed by atoms with Crippen molar-refractivity contribution in [1.82, 2.24) is 9.30 Å². The van der Waals surface area contributed by atoms with Crippen LogP contribution in [0.3, 0.4) is 0 Å². The zero-order valence-electron chi connectivity index (χ0n) is 19.3. The Labute approximate surface area is 188 Å². The van der Waals surface area contributed by atoms with E-state index in [9.17, 15) is 14.4 Å². The Balaban J connectivity index is 2.00. The summed E-state index contributed by atoms with van der Waals surface area (Å²) in [5.74, 6) is -0.765. The van der Waals surface area contributed by atoms with Gasteiger partial charge in [-0.3, -0.25) is 14.4 Å². The number of ether oxygens (including phenoxy) is 1. The number of ketones is 1. The van der Waals surface area contributed by atoms with Crippen LogP contribution in [0.15, 0.2) is 48.7 Å². The quantitative estimate of drug-likeness (QED) is 0.391. The summed E-state index contributed by atoms with van der Waals surface area (Å²) in [5, 5.41) is 0. The molecule has 1 aromatic carbocycles. The topological polar surface area (TPSA) is 68.1 Å². The predicted octanol–water partition coefficient (Wildman–Crippen LogP) is 4.32. The van der Waals surface area contributed by atoms with Gasteiger partial charge >= 0.3 is 5.97 Å². The Morgan fingerprint density at radius 2 is 1.66 bits per heavy atom. The molecule has 3 rings (SSSR count). The van der Waals surface area contributed by atoms with E-state index >= 15 is 0 Å². The van der Waals surface area contributed by atoms with Gasteiger partial charge in [0.2, 0.25) is 5.78 Å². The van der Waals surface area contributed by atoms with Crippen molar-refractivity contribution < 1.29 is 19.1 Å². The van der Waals surface area contributed by atoms with Crippen molar-refractivity contribution in [3.05, 3.63) is 76.6 Å². The number of nitrogens with zero attached hydrogens (tertiary/aromatic N) is 2. The van der Waals surface area contributed by atoms with Crippen LogP contribution in [0.5, 0.6) is 0 Å². The highest BCUT2D eigenvalue weighted by Crippen LogP contribution is 2.23. The van der Waals surface area contributed by atoms with Crippen LogP contribution < -0.4 is 0 Å². The van der Waals surface area contributed by atoms with E-state index in [-0.39, 0.29) is 24.3 Å². The molecule has 0 fully saturated rings. The van der Waals surface area contributed by atoms with Crippen molar-refractivity contribution in [3.63, 3.8) is 0 Å². The summed E-state index contributed by atoms with van der Waals surface area (Å²) in [6, 6.07) is 12.9. The van der Waals surface area contributed by atoms with Crippen molar-refractivity contribution >= 4 is 23.2 Å². The lowest BCUT2D eigenvalue weighted by Crippen LogP contribution is -2.41. The number of aryl methyl sites for hydroxylation is 2. The van der Waals surface area contributed by atoms with Gasteiger partial charge in [0.1, 0.15) is 6.54 Å². The Morgan fingerprint density at radius 1 is 0.969 bits per heavy atom. The molecule has 168 valence electrons. The molecule has 0 bridgehead atoms. The second-order valence-corrected chi connectivity index (χ2v) is 8.06. The van der Waals surface area contributed by atoms with Gasteiger partial charge in [-0.25, -0.2) is 0 Å². The number of hydrogen-bond acceptors (Lipinski definition) is 4. The number of rotatable bonds is 8. The maximum absolute atomic E-state index is 13.3. The van der Waals surface area contributed by atoms with Crippen molar-refractivity contribution in [2.24, 2.45) is 0 Å². The normalized spacial score (nSPS) is 11.1. The second-order valence-electron chi connectivity index (χ2n) is 8.06. The minimum absolute atomic E-state index is 0.0434. The Hall–Kier alpha value is -3.41. The maximum Gasteiger partial charge on any atom is 0.325 e. The second kappa shape index (κ2) is 9.81. The van der Waals surface area contributed by atoms with Crippen LogP contribution in [0.4, 0.5) is 0 Å². The Bertz CT molecular complexity index is 1140. The van der Waals surface area contributed by atoms with Crippen molar-refractivity contribution in [2.75, 3.05) is 13.7 Å². The first-order valence-electron chi connectivity index (χ1n) is 11.0. The number of esters is 1. The van der Waals surface area contributed by atoms with Gasteiger partial charge in [0.15, 0.2) is 0 Å². The van der Waals surface area contributed by atoms with Crippen molar-refractivity contribution in [1.29, 1.82) is 0 Å². The lowest BCUT2D eigenvalue weighted by atomic mass is 10.0. The number of methoxy groups -OCH3 is 1. The average Bonchev–Trinajstić information content (AvgIpc) is 3.19. The first-order chi connectivity index (χ1) is 15.3. The Morgan fingerprint density at radius 3 is 2.22 bits per heavy atom. The molecule has 6 nitrogen and oxygen atoms in total. The smallest absolute Gasteiger partial charge is 0.325 e. The third-order valence-electron chi connectivity index (χ3n) is 5.73. The molecule has 0 radical (unpaired) electrons. The van der Waals surface area contributed by atoms with Crippen LogP contribution in [-0.4, -0.2) is 46.7 Å². The third-order valence-corrected chi connectivity index (χ3v) is 5.73. The summed E-state index contributed by atoms with van der Waals surface area (Å²) in [7, 11) is 1.30. The first-order valence-corrected chi connectivity index (χ1v) is 11.0. The van der Waals surface area contributed by atoms with Crippen LogP contribution in [0.1, 0.15) is 65.2 Å². The Kier molecular flexibility index (Phi) is 7.13. The molecule has 0 aliphatic rings. The van der Waals surface area contributed by atoms with E-state index in [0.717, 1.165) is 17.5 Å². The van der Waals surface area contributed by atoms with Crippen LogP contribution in [0.2, 0.25) is 0 Å². The van der Waals surface area contributed by atoms with E-state index in [1.165, 1.54) is 17.6 Å². The minimum Gasteiger partial charge on any atom is -0.468 e. The number of benzene rings is 1. The number of amides is 1. The molecule has 0 unspecified atom stereocenters. The van der Waals surface area contributed by atoms with Gasteiger partial charge in [-0.15, -0.1) is 0 Å². The molecular weight excluding hydrogens is 404 g/mol. The highest BCUT2D eigenvalue weighted by Gasteiger charge is 2.24. The van der Waals surface area contributed by atoms with Gasteiger partial charge in [-0.05, 0) is 56.0 Å². The fourth-order valence-electron chi connectivity index (χ4n) is 3.78. The molecule has 0 atom stereocenters. The van der Waals surface area contributed by atoms with E-state index in [4.69, 9.17) is 4.74 Å². The van der Waals surface area contributed by atoms with Crippen LogP contribution in [0.25, 0.3) is 5.52 Å². The molecule has 0 N–H and O–H groups in total. The molecule has 6 heteroatoms. The molecule has 0 aliphatic heterocycles. The zero-order chi connectivity index (χ0) is 23.4. The van der Waals surface area contributed by atoms with E-state index in [2.05, 4.69) is 6.92 Å². The number of fused-ring (bicyclic) bond motifs is 1. The summed E-state index contributed by atoms with van der Waals surface area (Å²) in [6.07, 6.45) is 3.37. The van der Waals surface area contributed by atoms with Gasteiger partial charge in [0.05, 0.1) is 12.8 Å². The van der Waals surface area contributed by atoms with Crippen molar-refractivity contribution in [2.45, 2.75) is 46.6 Å². The van der Waals surface area contributed by atoms with Gasteiger partial charge in [0, 0.05) is 28.9 Å². The molecular formula is C26H30N2O4. The third kappa shape index (κ3) is 4.59. The maximum atomic E-state index is 13.3. The molecule has 0 saturated carbocycles. The van der Waals surface area contributed by atoms with E-state index in [0.29, 0.717) is 23.2 Å². The van der Waals surface area contributed by atoms with Crippen molar-refractivity contribution in [3.8, 4) is 0 Å². The molecule has 32 heavy (non-hydrogen) atoms. The van der Waals surface area contributed by atoms with Crippen LogP contribution in [-0.2, 0) is 22.4 Å². The van der Waals surface area contributed by atoms with Gasteiger partial charge in [0.25, 0.3) is 5.91 Å². The summed E-state index contributed by atoms with van der Waals surface area (Å²) in [6.45, 7) is 7.68. The summed E-state index contributed by atoms with van der Waals surface area (Å²) < 4.78 is 6.57. The van der Waals surface area contributed by atoms with Gasteiger partial charge in [-0.1, -0.05) is 38.1 Å². The fraction of sp³-hybridized carbons (Fsp3) is 0.346. The number of hydrogen-bond donors (Lipinski definition) is 0. The first kappa shape index (κ1) is 23.3. The van der Waals surface area contributed by atoms with Gasteiger partial charge in [-0.2, -0.15) is 0 Å². The van der Waals surface area contributed by atoms with E-state index in [1.54, 1.807) is 18.3 Å². The summed E-state index contributed by atoms with van der Waals surface area (Å²) in [5.41, 5.74) is 4.59. The molecule has 0 aliphatic carbocycles. The van der Waals surface area contributed by atoms with Crippen LogP contribution in [0, 0.1) is 0 Å². The zero-order valence-corrected chi connectivity index (χ0v) is 19.3. The minimum atomic E-state index is -0.467. The molecule has 0 spiro atoms. The highest BCUT2D eigenvalue weighted by molar-refractivity contribution is 6.10. The molecule has 1 amide bonds. The number of carbonyl (C=O) groups excluding carboxylic acids is 3. The molecule has 3 aromatic rings. The SMILES string of the molecule is CCc1ccc(C(=O)c2c(CC)cc3cc(C(=O)N(CC(=O)OC)C(C)C)ccn23)cc1. The number of aromatic nitrogens is 1. The summed E-state index contributed by atoms with van der Waals surface area (Å²) in [4.78, 5) is 39.7. The number of carbonyl (C=O) groups is 3. The van der Waals surface area contributed by atoms with Crippen LogP contribution >= 0.6 is 0 Å². The van der Waals surface area contributed by atoms with E-state index < -0.39 is 5.97 Å². The summed E-state index contributed by atoms with van der Waals surface area (Å²) >= 11 is 0. The fourth-order valence-corrected chi connectivity index (χ4v) is 3.78. The average molecular weight is 435 g/mol. The van der Waals surface area contributed by atoms with E-state index in [1.807, 2.05) is 55.5 Å². The van der Waals surface area contributed by atoms with Gasteiger partial charge < -0.3 is 14.0 Å². The molecule has 2 heterocycles. The monoisotopic (exact) mass is 434 g/mol. The standard InChI is InChI=1S/C26H30N2O4/c1-6-18-8-10-20(11-9-18)25(30)24-19(7-2)14-22-15-21(12-13-27(22)24)26(31)28(17(3)4)16-23(29)32-5/h8-15,17H,6-7,16H2,1-5H3. The highest BCUT2D eigenvalue weighted by atomic mass is 16.5. The molecule has 2 aromatic heterocycles. The lowest BCUT2D eigenvalue weighted by molar-refractivity contribution is -0.141. The number of pyridine rings is 1. The lowest BCUT2D eigenvalue weighted by Gasteiger charge is -2.25. The largest absolute Gasteiger partial charge is 0.468 e.